The predicted molar refractivity (Wildman–Crippen MR) is 142 cm³/mol. The summed E-state index contributed by atoms with van der Waals surface area (Å²) in [5.41, 5.74) is 5.53. The highest BCUT2D eigenvalue weighted by molar-refractivity contribution is 5.64. The van der Waals surface area contributed by atoms with E-state index in [4.69, 9.17) is 0 Å². The summed E-state index contributed by atoms with van der Waals surface area (Å²) in [6, 6.07) is 21.2. The number of nitriles is 1. The van der Waals surface area contributed by atoms with Crippen LogP contribution in [0.1, 0.15) is 121 Å². The van der Waals surface area contributed by atoms with Gasteiger partial charge in [-0.25, -0.2) is 0 Å². The van der Waals surface area contributed by atoms with E-state index in [2.05, 4.69) is 68.4 Å². The molecule has 0 bridgehead atoms. The van der Waals surface area contributed by atoms with Crippen LogP contribution in [0.3, 0.4) is 0 Å². The molecule has 2 aromatic carbocycles. The summed E-state index contributed by atoms with van der Waals surface area (Å²) >= 11 is 0. The zero-order valence-corrected chi connectivity index (χ0v) is 21.2. The van der Waals surface area contributed by atoms with Gasteiger partial charge in [-0.15, -0.1) is 0 Å². The first kappa shape index (κ1) is 25.6. The lowest BCUT2D eigenvalue weighted by molar-refractivity contribution is 0.239. The highest BCUT2D eigenvalue weighted by atomic mass is 14.4. The van der Waals surface area contributed by atoms with Crippen LogP contribution < -0.4 is 0 Å². The minimum atomic E-state index is -0.0257. The van der Waals surface area contributed by atoms with E-state index in [0.717, 1.165) is 19.3 Å². The summed E-state index contributed by atoms with van der Waals surface area (Å²) in [4.78, 5) is 0. The Labute approximate surface area is 203 Å². The van der Waals surface area contributed by atoms with Gasteiger partial charge in [-0.05, 0) is 73.1 Å². The number of hydrogen-bond donors (Lipinski definition) is 0. The van der Waals surface area contributed by atoms with Crippen LogP contribution in [0.25, 0.3) is 11.1 Å². The number of benzene rings is 2. The monoisotopic (exact) mass is 443 g/mol. The Morgan fingerprint density at radius 2 is 1.42 bits per heavy atom. The third-order valence-electron chi connectivity index (χ3n) is 7.99. The zero-order valence-electron chi connectivity index (χ0n) is 21.2. The van der Waals surface area contributed by atoms with Gasteiger partial charge in [0.15, 0.2) is 0 Å². The van der Waals surface area contributed by atoms with Gasteiger partial charge >= 0.3 is 0 Å². The topological polar surface area (TPSA) is 23.8 Å². The smallest absolute Gasteiger partial charge is 0.0689 e. The van der Waals surface area contributed by atoms with Crippen molar-refractivity contribution < 1.29 is 0 Å². The van der Waals surface area contributed by atoms with Gasteiger partial charge in [0.2, 0.25) is 0 Å². The van der Waals surface area contributed by atoms with E-state index in [1.165, 1.54) is 99.3 Å². The van der Waals surface area contributed by atoms with Crippen LogP contribution >= 0.6 is 0 Å². The van der Waals surface area contributed by atoms with Gasteiger partial charge in [0.05, 0.1) is 11.5 Å². The van der Waals surface area contributed by atoms with Crippen LogP contribution in [-0.4, -0.2) is 0 Å². The maximum atomic E-state index is 9.76. The fourth-order valence-electron chi connectivity index (χ4n) is 5.68. The molecule has 0 N–H and O–H groups in total. The van der Waals surface area contributed by atoms with Gasteiger partial charge in [0.1, 0.15) is 0 Å². The third kappa shape index (κ3) is 7.74. The highest BCUT2D eigenvalue weighted by Crippen LogP contribution is 2.41. The van der Waals surface area contributed by atoms with Gasteiger partial charge in [0, 0.05) is 0 Å². The average Bonchev–Trinajstić information content (AvgIpc) is 2.88. The molecule has 1 nitrogen and oxygen atoms in total. The number of nitrogens with zero attached hydrogens (tertiary/aromatic N) is 1. The summed E-state index contributed by atoms with van der Waals surface area (Å²) in [6.07, 6.45) is 18.6. The molecule has 1 saturated carbocycles. The molecule has 0 amide bonds. The lowest BCUT2D eigenvalue weighted by Crippen LogP contribution is -2.22. The summed E-state index contributed by atoms with van der Waals surface area (Å²) in [5.74, 6) is 0.605. The van der Waals surface area contributed by atoms with E-state index < -0.39 is 0 Å². The van der Waals surface area contributed by atoms with Crippen molar-refractivity contribution in [3.63, 3.8) is 0 Å². The van der Waals surface area contributed by atoms with Crippen LogP contribution in [-0.2, 0) is 6.42 Å². The molecule has 0 spiro atoms. The minimum Gasteiger partial charge on any atom is -0.198 e. The van der Waals surface area contributed by atoms with Gasteiger partial charge in [-0.2, -0.15) is 5.26 Å². The molecule has 0 aromatic heterocycles. The molecule has 33 heavy (non-hydrogen) atoms. The molecule has 178 valence electrons. The second-order valence-corrected chi connectivity index (χ2v) is 10.4. The molecule has 0 aliphatic heterocycles. The molecule has 0 radical (unpaired) electrons. The van der Waals surface area contributed by atoms with Gasteiger partial charge in [-0.1, -0.05) is 114 Å². The summed E-state index contributed by atoms with van der Waals surface area (Å²) in [5, 5.41) is 9.76. The van der Waals surface area contributed by atoms with Crippen molar-refractivity contribution in [2.24, 2.45) is 5.41 Å². The van der Waals surface area contributed by atoms with Crippen molar-refractivity contribution in [2.45, 2.75) is 116 Å². The Morgan fingerprint density at radius 1 is 0.788 bits per heavy atom. The van der Waals surface area contributed by atoms with Crippen LogP contribution in [0.4, 0.5) is 0 Å². The van der Waals surface area contributed by atoms with Crippen molar-refractivity contribution in [2.75, 3.05) is 0 Å². The van der Waals surface area contributed by atoms with Crippen molar-refractivity contribution in [1.29, 1.82) is 5.26 Å². The molecule has 2 aromatic rings. The van der Waals surface area contributed by atoms with E-state index in [9.17, 15) is 5.26 Å². The van der Waals surface area contributed by atoms with E-state index in [1.54, 1.807) is 0 Å². The molecule has 1 unspecified atom stereocenters. The van der Waals surface area contributed by atoms with Crippen LogP contribution in [0.5, 0.6) is 0 Å². The second kappa shape index (κ2) is 13.6. The first-order chi connectivity index (χ1) is 16.2. The number of rotatable bonds is 13. The molecular weight excluding hydrogens is 398 g/mol. The molecule has 1 atom stereocenters. The number of unbranched alkanes of at least 4 members (excludes halogenated alkanes) is 4. The van der Waals surface area contributed by atoms with Crippen molar-refractivity contribution in [1.82, 2.24) is 0 Å². The summed E-state index contributed by atoms with van der Waals surface area (Å²) in [7, 11) is 0. The minimum absolute atomic E-state index is 0.0257. The quantitative estimate of drug-likeness (QED) is 0.282. The molecule has 1 heteroatoms. The zero-order chi connectivity index (χ0) is 23.4. The van der Waals surface area contributed by atoms with Crippen LogP contribution in [0.15, 0.2) is 48.5 Å². The van der Waals surface area contributed by atoms with E-state index in [0.29, 0.717) is 5.92 Å². The molecular formula is C32H45N. The van der Waals surface area contributed by atoms with E-state index in [1.807, 2.05) is 0 Å². The normalized spacial score (nSPS) is 16.3. The lowest BCUT2D eigenvalue weighted by atomic mass is 9.71. The van der Waals surface area contributed by atoms with Gasteiger partial charge in [-0.3, -0.25) is 0 Å². The molecule has 0 saturated heterocycles. The van der Waals surface area contributed by atoms with Crippen molar-refractivity contribution in [3.05, 3.63) is 59.7 Å². The molecule has 1 aliphatic carbocycles. The lowest BCUT2D eigenvalue weighted by Gasteiger charge is -2.31. The predicted octanol–water partition coefficient (Wildman–Crippen LogP) is 10.0. The van der Waals surface area contributed by atoms with E-state index in [-0.39, 0.29) is 5.41 Å². The average molecular weight is 444 g/mol. The highest BCUT2D eigenvalue weighted by Gasteiger charge is 2.31. The van der Waals surface area contributed by atoms with Crippen LogP contribution in [0, 0.1) is 16.7 Å². The molecule has 1 fully saturated rings. The molecule has 0 heterocycles. The summed E-state index contributed by atoms with van der Waals surface area (Å²) < 4.78 is 0. The van der Waals surface area contributed by atoms with Crippen molar-refractivity contribution in [3.8, 4) is 17.2 Å². The first-order valence-corrected chi connectivity index (χ1v) is 13.8. The fraction of sp³-hybridized carbons (Fsp3) is 0.594. The van der Waals surface area contributed by atoms with Gasteiger partial charge in [0.25, 0.3) is 0 Å². The molecule has 3 rings (SSSR count). The van der Waals surface area contributed by atoms with Crippen LogP contribution in [0.2, 0.25) is 0 Å². The molecule has 1 aliphatic rings. The third-order valence-corrected chi connectivity index (χ3v) is 7.99. The summed E-state index contributed by atoms with van der Waals surface area (Å²) in [6.45, 7) is 4.58. The number of aryl methyl sites for hydroxylation is 1. The maximum Gasteiger partial charge on any atom is 0.0689 e. The fourth-order valence-corrected chi connectivity index (χ4v) is 5.68. The van der Waals surface area contributed by atoms with E-state index >= 15 is 0 Å². The van der Waals surface area contributed by atoms with Crippen molar-refractivity contribution >= 4 is 0 Å². The SMILES string of the molecule is CCCCCCCc1ccc(-c2ccc(C(CC)CCCC3(C#N)CCCCC3)cc2)cc1. The standard InChI is InChI=1S/C32H45N/c1-3-5-6-7-9-13-27-15-17-30(18-16-27)31-21-19-29(20-22-31)28(4-2)14-12-25-32(26-33)23-10-8-11-24-32/h15-22,28H,3-14,23-25H2,1-2H3. The maximum absolute atomic E-state index is 9.76. The Bertz CT molecular complexity index is 834. The first-order valence-electron chi connectivity index (χ1n) is 13.8. The largest absolute Gasteiger partial charge is 0.198 e. The Hall–Kier alpha value is -2.07. The Morgan fingerprint density at radius 3 is 2.03 bits per heavy atom. The second-order valence-electron chi connectivity index (χ2n) is 10.4. The number of hydrogen-bond acceptors (Lipinski definition) is 1. The van der Waals surface area contributed by atoms with Gasteiger partial charge < -0.3 is 0 Å². The Kier molecular flexibility index (Phi) is 10.5. The Balaban J connectivity index is 1.51.